The average molecular weight is 240 g/mol. The Balaban J connectivity index is 2.16. The molecule has 0 radical (unpaired) electrons. The number of hydrogen-bond acceptors (Lipinski definition) is 3. The maximum atomic E-state index is 11.8. The summed E-state index contributed by atoms with van der Waals surface area (Å²) in [5.74, 6) is -0.251. The van der Waals surface area contributed by atoms with Crippen molar-refractivity contribution in [1.29, 1.82) is 0 Å². The number of benzene rings is 2. The molecule has 0 saturated heterocycles. The second-order valence-electron chi connectivity index (χ2n) is 3.68. The first-order valence-corrected chi connectivity index (χ1v) is 5.43. The first kappa shape index (κ1) is 11.9. The highest BCUT2D eigenvalue weighted by atomic mass is 16.5. The molecule has 0 atom stereocenters. The number of carbonyl (C=O) groups excluding carboxylic acids is 1. The molecule has 0 unspecified atom stereocenters. The van der Waals surface area contributed by atoms with Gasteiger partial charge >= 0.3 is 5.97 Å². The summed E-state index contributed by atoms with van der Waals surface area (Å²) in [6.45, 7) is 3.64. The Kier molecular flexibility index (Phi) is 3.44. The normalized spacial score (nSPS) is 9.78. The van der Waals surface area contributed by atoms with Crippen LogP contribution in [0.1, 0.15) is 15.9 Å². The molecule has 2 aromatic rings. The molecule has 3 nitrogen and oxygen atoms in total. The van der Waals surface area contributed by atoms with Crippen LogP contribution in [-0.4, -0.2) is 11.1 Å². The van der Waals surface area contributed by atoms with Gasteiger partial charge in [-0.15, -0.1) is 0 Å². The van der Waals surface area contributed by atoms with Crippen molar-refractivity contribution in [3.63, 3.8) is 0 Å². The molecule has 3 heteroatoms. The molecular weight excluding hydrogens is 228 g/mol. The van der Waals surface area contributed by atoms with E-state index in [0.29, 0.717) is 5.75 Å². The fourth-order valence-corrected chi connectivity index (χ4v) is 1.48. The number of para-hydroxylation sites is 1. The van der Waals surface area contributed by atoms with Crippen molar-refractivity contribution in [1.82, 2.24) is 0 Å². The molecule has 0 saturated carbocycles. The van der Waals surface area contributed by atoms with Gasteiger partial charge in [0, 0.05) is 0 Å². The van der Waals surface area contributed by atoms with Crippen LogP contribution < -0.4 is 4.74 Å². The van der Waals surface area contributed by atoms with E-state index in [1.807, 2.05) is 0 Å². The molecule has 2 rings (SSSR count). The van der Waals surface area contributed by atoms with Gasteiger partial charge in [-0.25, -0.2) is 4.79 Å². The second-order valence-corrected chi connectivity index (χ2v) is 3.68. The Hall–Kier alpha value is -2.55. The van der Waals surface area contributed by atoms with Crippen molar-refractivity contribution in [2.24, 2.45) is 0 Å². The van der Waals surface area contributed by atoms with E-state index in [9.17, 15) is 9.90 Å². The zero-order valence-corrected chi connectivity index (χ0v) is 9.67. The Bertz CT molecular complexity index is 571. The molecule has 0 aromatic heterocycles. The number of rotatable bonds is 3. The monoisotopic (exact) mass is 240 g/mol. The van der Waals surface area contributed by atoms with Gasteiger partial charge in [0.15, 0.2) is 0 Å². The molecule has 0 aliphatic carbocycles. The van der Waals surface area contributed by atoms with Crippen LogP contribution in [0.5, 0.6) is 11.5 Å². The van der Waals surface area contributed by atoms with Crippen molar-refractivity contribution in [2.45, 2.75) is 0 Å². The van der Waals surface area contributed by atoms with Gasteiger partial charge in [0.1, 0.15) is 17.1 Å². The zero-order valence-electron chi connectivity index (χ0n) is 9.67. The van der Waals surface area contributed by atoms with Crippen LogP contribution in [0.2, 0.25) is 0 Å². The van der Waals surface area contributed by atoms with Crippen LogP contribution in [0.25, 0.3) is 6.08 Å². The van der Waals surface area contributed by atoms with Gasteiger partial charge in [-0.2, -0.15) is 0 Å². The van der Waals surface area contributed by atoms with E-state index in [1.165, 1.54) is 12.1 Å². The Labute approximate surface area is 105 Å². The highest BCUT2D eigenvalue weighted by Gasteiger charge is 2.12. The number of ether oxygens (including phenoxy) is 1. The molecule has 0 heterocycles. The lowest BCUT2D eigenvalue weighted by Gasteiger charge is -2.05. The fourth-order valence-electron chi connectivity index (χ4n) is 1.48. The molecule has 0 bridgehead atoms. The minimum absolute atomic E-state index is 0.0924. The number of aromatic hydroxyl groups is 1. The third kappa shape index (κ3) is 2.58. The number of phenolic OH excluding ortho intramolecular Hbond substituents is 1. The molecule has 90 valence electrons. The molecule has 0 aliphatic heterocycles. The Morgan fingerprint density at radius 2 is 1.78 bits per heavy atom. The summed E-state index contributed by atoms with van der Waals surface area (Å²) in [5, 5.41) is 9.53. The third-order valence-corrected chi connectivity index (χ3v) is 2.45. The first-order chi connectivity index (χ1) is 8.70. The SMILES string of the molecule is C=Cc1ccc(OC(=O)c2ccccc2O)cc1. The van der Waals surface area contributed by atoms with Crippen LogP contribution in [0.3, 0.4) is 0 Å². The van der Waals surface area contributed by atoms with Gasteiger partial charge in [0.25, 0.3) is 0 Å². The molecule has 0 spiro atoms. The van der Waals surface area contributed by atoms with Crippen molar-refractivity contribution < 1.29 is 14.6 Å². The summed E-state index contributed by atoms with van der Waals surface area (Å²) >= 11 is 0. The quantitative estimate of drug-likeness (QED) is 0.661. The van der Waals surface area contributed by atoms with Crippen LogP contribution in [0.15, 0.2) is 55.1 Å². The Morgan fingerprint density at radius 1 is 1.11 bits per heavy atom. The van der Waals surface area contributed by atoms with E-state index in [1.54, 1.807) is 42.5 Å². The lowest BCUT2D eigenvalue weighted by Crippen LogP contribution is -2.08. The largest absolute Gasteiger partial charge is 0.507 e. The predicted molar refractivity (Wildman–Crippen MR) is 69.6 cm³/mol. The predicted octanol–water partition coefficient (Wildman–Crippen LogP) is 3.25. The minimum atomic E-state index is -0.584. The van der Waals surface area contributed by atoms with E-state index in [-0.39, 0.29) is 11.3 Å². The smallest absolute Gasteiger partial charge is 0.347 e. The molecule has 0 fully saturated rings. The summed E-state index contributed by atoms with van der Waals surface area (Å²) in [6, 6.07) is 13.2. The maximum absolute atomic E-state index is 11.8. The van der Waals surface area contributed by atoms with E-state index in [2.05, 4.69) is 6.58 Å². The van der Waals surface area contributed by atoms with Gasteiger partial charge in [-0.1, -0.05) is 36.9 Å². The van der Waals surface area contributed by atoms with E-state index in [4.69, 9.17) is 4.74 Å². The summed E-state index contributed by atoms with van der Waals surface area (Å²) in [4.78, 5) is 11.8. The first-order valence-electron chi connectivity index (χ1n) is 5.43. The fraction of sp³-hybridized carbons (Fsp3) is 0. The standard InChI is InChI=1S/C15H12O3/c1-2-11-7-9-12(10-8-11)18-15(17)13-5-3-4-6-14(13)16/h2-10,16H,1H2. The lowest BCUT2D eigenvalue weighted by atomic mass is 10.2. The summed E-state index contributed by atoms with van der Waals surface area (Å²) < 4.78 is 5.15. The zero-order chi connectivity index (χ0) is 13.0. The number of esters is 1. The second kappa shape index (κ2) is 5.19. The van der Waals surface area contributed by atoms with Crippen LogP contribution in [0, 0.1) is 0 Å². The molecule has 2 aromatic carbocycles. The number of carbonyl (C=O) groups is 1. The van der Waals surface area contributed by atoms with Crippen molar-refractivity contribution in [2.75, 3.05) is 0 Å². The van der Waals surface area contributed by atoms with Gasteiger partial charge in [0.05, 0.1) is 0 Å². The van der Waals surface area contributed by atoms with Crippen LogP contribution in [0.4, 0.5) is 0 Å². The van der Waals surface area contributed by atoms with Crippen molar-refractivity contribution in [3.05, 3.63) is 66.2 Å². The highest BCUT2D eigenvalue weighted by Crippen LogP contribution is 2.19. The van der Waals surface area contributed by atoms with Crippen molar-refractivity contribution in [3.8, 4) is 11.5 Å². The van der Waals surface area contributed by atoms with Crippen molar-refractivity contribution >= 4 is 12.0 Å². The van der Waals surface area contributed by atoms with Gasteiger partial charge < -0.3 is 9.84 Å². The molecule has 18 heavy (non-hydrogen) atoms. The van der Waals surface area contributed by atoms with Gasteiger partial charge in [-0.3, -0.25) is 0 Å². The van der Waals surface area contributed by atoms with E-state index >= 15 is 0 Å². The summed E-state index contributed by atoms with van der Waals surface area (Å²) in [6.07, 6.45) is 1.70. The number of hydrogen-bond donors (Lipinski definition) is 1. The third-order valence-electron chi connectivity index (χ3n) is 2.45. The van der Waals surface area contributed by atoms with E-state index in [0.717, 1.165) is 5.56 Å². The molecule has 0 amide bonds. The highest BCUT2D eigenvalue weighted by molar-refractivity contribution is 5.93. The topological polar surface area (TPSA) is 46.5 Å². The lowest BCUT2D eigenvalue weighted by molar-refractivity contribution is 0.0731. The van der Waals surface area contributed by atoms with Crippen LogP contribution >= 0.6 is 0 Å². The molecular formula is C15H12O3. The maximum Gasteiger partial charge on any atom is 0.347 e. The van der Waals surface area contributed by atoms with Gasteiger partial charge in [-0.05, 0) is 29.8 Å². The summed E-state index contributed by atoms with van der Waals surface area (Å²) in [5.41, 5.74) is 1.09. The average Bonchev–Trinajstić information content (AvgIpc) is 2.40. The molecule has 1 N–H and O–H groups in total. The minimum Gasteiger partial charge on any atom is -0.507 e. The van der Waals surface area contributed by atoms with E-state index < -0.39 is 5.97 Å². The molecule has 0 aliphatic rings. The summed E-state index contributed by atoms with van der Waals surface area (Å²) in [7, 11) is 0. The number of phenols is 1. The van der Waals surface area contributed by atoms with Gasteiger partial charge in [0.2, 0.25) is 0 Å². The van der Waals surface area contributed by atoms with Crippen LogP contribution in [-0.2, 0) is 0 Å². The Morgan fingerprint density at radius 3 is 2.39 bits per heavy atom.